The monoisotopic (exact) mass is 343 g/mol. The summed E-state index contributed by atoms with van der Waals surface area (Å²) in [4.78, 5) is 20.5. The third-order valence-electron chi connectivity index (χ3n) is 4.13. The molecule has 2 aliphatic rings. The van der Waals surface area contributed by atoms with Crippen molar-refractivity contribution in [1.82, 2.24) is 4.90 Å². The van der Waals surface area contributed by atoms with Gasteiger partial charge in [0, 0.05) is 0 Å². The van der Waals surface area contributed by atoms with E-state index in [-0.39, 0.29) is 11.7 Å². The third-order valence-corrected chi connectivity index (χ3v) is 5.18. The van der Waals surface area contributed by atoms with E-state index in [0.717, 1.165) is 43.5 Å². The minimum atomic E-state index is -0.206. The molecule has 2 N–H and O–H groups in total. The topological polar surface area (TPSA) is 81.1 Å². The van der Waals surface area contributed by atoms with Gasteiger partial charge in [-0.05, 0) is 35.5 Å². The first-order valence-electron chi connectivity index (χ1n) is 7.93. The molecule has 7 heteroatoms. The molecule has 0 radical (unpaired) electrons. The van der Waals surface area contributed by atoms with E-state index in [9.17, 15) is 9.90 Å². The lowest BCUT2D eigenvalue weighted by molar-refractivity contribution is -0.903. The number of carbonyl (C=O) groups excluding carboxylic acids is 1. The van der Waals surface area contributed by atoms with Crippen molar-refractivity contribution < 1.29 is 14.8 Å². The first-order chi connectivity index (χ1) is 11.7. The Morgan fingerprint density at radius 2 is 2.04 bits per heavy atom. The van der Waals surface area contributed by atoms with Crippen LogP contribution in [0.15, 0.2) is 34.2 Å². The number of quaternary nitrogens is 1. The van der Waals surface area contributed by atoms with Crippen molar-refractivity contribution in [2.45, 2.75) is 6.42 Å². The number of hydrogen-bond acceptors (Lipinski definition) is 5. The number of benzene rings is 1. The normalized spacial score (nSPS) is 20.3. The number of aliphatic imine (C=N–C) groups is 1. The summed E-state index contributed by atoms with van der Waals surface area (Å²) in [6.07, 6.45) is 2.39. The van der Waals surface area contributed by atoms with Gasteiger partial charge in [-0.1, -0.05) is 12.1 Å². The number of amides is 1. The van der Waals surface area contributed by atoms with Gasteiger partial charge in [0.25, 0.3) is 5.91 Å². The summed E-state index contributed by atoms with van der Waals surface area (Å²) >= 11 is 1.41. The van der Waals surface area contributed by atoms with E-state index in [2.05, 4.69) is 16.0 Å². The number of phenolic OH excluding ortho intramolecular Hbond substituents is 1. The number of carbonyl (C=O) groups is 1. The molecular weight excluding hydrogens is 324 g/mol. The fourth-order valence-electron chi connectivity index (χ4n) is 2.75. The fraction of sp³-hybridized carbons (Fsp3) is 0.353. The minimum Gasteiger partial charge on any atom is -0.508 e. The Balaban J connectivity index is 1.60. The van der Waals surface area contributed by atoms with E-state index >= 15 is 0 Å². The second kappa shape index (κ2) is 7.51. The SMILES string of the molecule is N#CCC[NH+]1CCN(C2=NC(=O)/C(=C\c3ccc(O)cc3)S2)CC1. The number of aromatic hydroxyl groups is 1. The lowest BCUT2D eigenvalue weighted by Crippen LogP contribution is -3.14. The molecule has 1 aromatic carbocycles. The van der Waals surface area contributed by atoms with Crippen LogP contribution in [0.5, 0.6) is 5.75 Å². The van der Waals surface area contributed by atoms with Gasteiger partial charge in [-0.25, -0.2) is 0 Å². The maximum Gasteiger partial charge on any atom is 0.286 e. The van der Waals surface area contributed by atoms with Crippen LogP contribution in [0.4, 0.5) is 0 Å². The van der Waals surface area contributed by atoms with Crippen LogP contribution in [0.3, 0.4) is 0 Å². The average Bonchev–Trinajstić information content (AvgIpc) is 2.96. The van der Waals surface area contributed by atoms with Crippen molar-refractivity contribution in [2.24, 2.45) is 4.99 Å². The zero-order chi connectivity index (χ0) is 16.9. The molecule has 0 saturated carbocycles. The fourth-order valence-corrected chi connectivity index (χ4v) is 3.72. The number of nitrogens with one attached hydrogen (secondary N) is 1. The molecule has 1 aromatic rings. The van der Waals surface area contributed by atoms with Crippen molar-refractivity contribution in [3.8, 4) is 11.8 Å². The molecule has 0 aliphatic carbocycles. The van der Waals surface area contributed by atoms with E-state index in [1.165, 1.54) is 16.7 Å². The maximum absolute atomic E-state index is 12.1. The molecule has 3 rings (SSSR count). The molecule has 1 amide bonds. The first-order valence-corrected chi connectivity index (χ1v) is 8.74. The highest BCUT2D eigenvalue weighted by Crippen LogP contribution is 2.30. The molecule has 24 heavy (non-hydrogen) atoms. The summed E-state index contributed by atoms with van der Waals surface area (Å²) in [7, 11) is 0. The predicted molar refractivity (Wildman–Crippen MR) is 93.5 cm³/mol. The Morgan fingerprint density at radius 3 is 2.71 bits per heavy atom. The molecule has 0 unspecified atom stereocenters. The Morgan fingerprint density at radius 1 is 1.33 bits per heavy atom. The number of nitrogens with zero attached hydrogens (tertiary/aromatic N) is 3. The second-order valence-corrected chi connectivity index (χ2v) is 6.81. The van der Waals surface area contributed by atoms with Crippen molar-refractivity contribution in [3.63, 3.8) is 0 Å². The minimum absolute atomic E-state index is 0.205. The maximum atomic E-state index is 12.1. The molecule has 2 aliphatic heterocycles. The highest BCUT2D eigenvalue weighted by Gasteiger charge is 2.29. The number of thioether (sulfide) groups is 1. The molecule has 0 spiro atoms. The molecule has 0 bridgehead atoms. The summed E-state index contributed by atoms with van der Waals surface area (Å²) in [5, 5.41) is 18.7. The van der Waals surface area contributed by atoms with Crippen molar-refractivity contribution >= 4 is 28.9 Å². The van der Waals surface area contributed by atoms with Crippen molar-refractivity contribution in [2.75, 3.05) is 32.7 Å². The van der Waals surface area contributed by atoms with E-state index in [0.29, 0.717) is 11.3 Å². The van der Waals surface area contributed by atoms with Crippen LogP contribution in [0.25, 0.3) is 6.08 Å². The molecule has 124 valence electrons. The predicted octanol–water partition coefficient (Wildman–Crippen LogP) is 0.477. The molecule has 0 aromatic heterocycles. The van der Waals surface area contributed by atoms with Crippen LogP contribution in [0, 0.1) is 11.3 Å². The van der Waals surface area contributed by atoms with Crippen LogP contribution in [0.1, 0.15) is 12.0 Å². The Labute approximate surface area is 145 Å². The van der Waals surface area contributed by atoms with Gasteiger partial charge >= 0.3 is 0 Å². The van der Waals surface area contributed by atoms with Gasteiger partial charge in [0.2, 0.25) is 0 Å². The van der Waals surface area contributed by atoms with Gasteiger partial charge in [0.05, 0.1) is 50.1 Å². The van der Waals surface area contributed by atoms with Gasteiger partial charge in [-0.3, -0.25) is 4.79 Å². The van der Waals surface area contributed by atoms with Gasteiger partial charge in [-0.2, -0.15) is 10.3 Å². The lowest BCUT2D eigenvalue weighted by atomic mass is 10.2. The first kappa shape index (κ1) is 16.6. The quantitative estimate of drug-likeness (QED) is 0.780. The van der Waals surface area contributed by atoms with Gasteiger partial charge in [0.15, 0.2) is 5.17 Å². The summed E-state index contributed by atoms with van der Waals surface area (Å²) in [6.45, 7) is 4.52. The third kappa shape index (κ3) is 3.96. The van der Waals surface area contributed by atoms with Crippen LogP contribution < -0.4 is 4.90 Å². The average molecular weight is 343 g/mol. The second-order valence-electron chi connectivity index (χ2n) is 5.80. The largest absolute Gasteiger partial charge is 0.508 e. The van der Waals surface area contributed by atoms with E-state index in [4.69, 9.17) is 5.26 Å². The lowest BCUT2D eigenvalue weighted by Gasteiger charge is -2.32. The molecule has 6 nitrogen and oxygen atoms in total. The van der Waals surface area contributed by atoms with Gasteiger partial charge in [0.1, 0.15) is 5.75 Å². The van der Waals surface area contributed by atoms with Crippen molar-refractivity contribution in [3.05, 3.63) is 34.7 Å². The van der Waals surface area contributed by atoms with E-state index in [1.54, 1.807) is 30.3 Å². The number of phenols is 1. The number of piperazine rings is 1. The smallest absolute Gasteiger partial charge is 0.286 e. The molecular formula is C17H19N4O2S+. The molecule has 0 atom stereocenters. The van der Waals surface area contributed by atoms with Crippen molar-refractivity contribution in [1.29, 1.82) is 5.26 Å². The van der Waals surface area contributed by atoms with Crippen LogP contribution >= 0.6 is 11.8 Å². The van der Waals surface area contributed by atoms with E-state index < -0.39 is 0 Å². The summed E-state index contributed by atoms with van der Waals surface area (Å²) in [5.74, 6) is -0.00130. The molecule has 1 fully saturated rings. The number of rotatable bonds is 3. The highest BCUT2D eigenvalue weighted by molar-refractivity contribution is 8.18. The number of hydrogen-bond donors (Lipinski definition) is 2. The Bertz CT molecular complexity index is 713. The zero-order valence-electron chi connectivity index (χ0n) is 13.2. The zero-order valence-corrected chi connectivity index (χ0v) is 14.1. The summed E-state index contributed by atoms with van der Waals surface area (Å²) in [5.41, 5.74) is 0.867. The van der Waals surface area contributed by atoms with Crippen LogP contribution in [-0.2, 0) is 4.79 Å². The van der Waals surface area contributed by atoms with E-state index in [1.807, 2.05) is 0 Å². The van der Waals surface area contributed by atoms with Crippen LogP contribution in [0.2, 0.25) is 0 Å². The summed E-state index contributed by atoms with van der Waals surface area (Å²) < 4.78 is 0. The Kier molecular flexibility index (Phi) is 5.18. The highest BCUT2D eigenvalue weighted by atomic mass is 32.2. The van der Waals surface area contributed by atoms with Gasteiger partial charge in [-0.15, -0.1) is 0 Å². The van der Waals surface area contributed by atoms with Crippen LogP contribution in [-0.4, -0.2) is 53.8 Å². The molecule has 1 saturated heterocycles. The molecule has 2 heterocycles. The number of amidine groups is 1. The Hall–Kier alpha value is -2.30. The summed E-state index contributed by atoms with van der Waals surface area (Å²) in [6, 6.07) is 8.93. The standard InChI is InChI=1S/C17H18N4O2S/c18-6-1-7-20-8-10-21(11-9-20)17-19-16(23)15(24-17)12-13-2-4-14(22)5-3-13/h2-5,12,22H,1,7-11H2/p+1/b15-12+. The number of nitriles is 1. The van der Waals surface area contributed by atoms with Gasteiger partial charge < -0.3 is 14.9 Å².